The molecule has 168 valence electrons. The van der Waals surface area contributed by atoms with Crippen molar-refractivity contribution in [3.05, 3.63) is 77.4 Å². The molecule has 8 heteroatoms. The zero-order valence-corrected chi connectivity index (χ0v) is 18.9. The first kappa shape index (κ1) is 22.0. The van der Waals surface area contributed by atoms with Gasteiger partial charge in [-0.05, 0) is 65.1 Å². The minimum absolute atomic E-state index is 0.0286. The Bertz CT molecular complexity index is 1240. The number of phenols is 1. The molecule has 0 amide bonds. The summed E-state index contributed by atoms with van der Waals surface area (Å²) < 4.78 is 34.7. The van der Waals surface area contributed by atoms with Gasteiger partial charge in [-0.2, -0.15) is 0 Å². The molecule has 3 aromatic rings. The summed E-state index contributed by atoms with van der Waals surface area (Å²) in [6.45, 7) is 2.11. The van der Waals surface area contributed by atoms with Crippen LogP contribution >= 0.6 is 0 Å². The van der Waals surface area contributed by atoms with Gasteiger partial charge in [0.15, 0.2) is 11.5 Å². The lowest BCUT2D eigenvalue weighted by Gasteiger charge is -2.40. The van der Waals surface area contributed by atoms with Crippen LogP contribution in [0.3, 0.4) is 0 Å². The number of rotatable bonds is 5. The predicted molar refractivity (Wildman–Crippen MR) is 123 cm³/mol. The molecule has 1 aliphatic heterocycles. The number of fused-ring (bicyclic) bond motifs is 1. The molecule has 0 aliphatic carbocycles. The van der Waals surface area contributed by atoms with Gasteiger partial charge < -0.3 is 19.9 Å². The molecule has 3 aromatic carbocycles. The van der Waals surface area contributed by atoms with Crippen LogP contribution in [0.1, 0.15) is 35.6 Å². The third kappa shape index (κ3) is 3.99. The molecular weight excluding hydrogens is 428 g/mol. The lowest BCUT2D eigenvalue weighted by molar-refractivity contribution is 0.370. The van der Waals surface area contributed by atoms with E-state index in [1.54, 1.807) is 31.4 Å². The molecule has 0 saturated carbocycles. The molecule has 0 radical (unpaired) electrons. The minimum Gasteiger partial charge on any atom is -0.504 e. The van der Waals surface area contributed by atoms with Gasteiger partial charge in [0.05, 0.1) is 25.2 Å². The SMILES string of the molecule is COc1ccc([C@H]2Nc3ccc(S(N)(=O)=O)cc3[C@@H](c3ccc(O)c(OC)c3)[C@@H]2C)cc1. The van der Waals surface area contributed by atoms with E-state index < -0.39 is 10.0 Å². The molecule has 0 fully saturated rings. The summed E-state index contributed by atoms with van der Waals surface area (Å²) in [7, 11) is -0.732. The van der Waals surface area contributed by atoms with Crippen molar-refractivity contribution in [3.8, 4) is 17.2 Å². The Labute approximate surface area is 187 Å². The van der Waals surface area contributed by atoms with E-state index in [1.807, 2.05) is 30.3 Å². The van der Waals surface area contributed by atoms with E-state index in [9.17, 15) is 13.5 Å². The van der Waals surface area contributed by atoms with Gasteiger partial charge >= 0.3 is 0 Å². The van der Waals surface area contributed by atoms with E-state index >= 15 is 0 Å². The van der Waals surface area contributed by atoms with Crippen LogP contribution in [0.5, 0.6) is 17.2 Å². The molecule has 32 heavy (non-hydrogen) atoms. The van der Waals surface area contributed by atoms with Crippen LogP contribution in [0.4, 0.5) is 5.69 Å². The summed E-state index contributed by atoms with van der Waals surface area (Å²) in [6.07, 6.45) is 0. The fourth-order valence-electron chi connectivity index (χ4n) is 4.45. The average Bonchev–Trinajstić information content (AvgIpc) is 2.78. The molecule has 0 saturated heterocycles. The molecule has 1 heterocycles. The number of phenolic OH excluding ortho intramolecular Hbond substituents is 1. The van der Waals surface area contributed by atoms with Gasteiger partial charge in [0.25, 0.3) is 0 Å². The molecule has 4 rings (SSSR count). The van der Waals surface area contributed by atoms with Crippen molar-refractivity contribution in [1.82, 2.24) is 0 Å². The van der Waals surface area contributed by atoms with Crippen molar-refractivity contribution in [3.63, 3.8) is 0 Å². The Morgan fingerprint density at radius 3 is 2.25 bits per heavy atom. The topological polar surface area (TPSA) is 111 Å². The van der Waals surface area contributed by atoms with E-state index in [0.717, 1.165) is 28.1 Å². The van der Waals surface area contributed by atoms with Gasteiger partial charge in [0, 0.05) is 11.6 Å². The van der Waals surface area contributed by atoms with Gasteiger partial charge in [0.1, 0.15) is 5.75 Å². The summed E-state index contributed by atoms with van der Waals surface area (Å²) in [5.41, 5.74) is 3.63. The van der Waals surface area contributed by atoms with Crippen molar-refractivity contribution in [1.29, 1.82) is 0 Å². The maximum atomic E-state index is 12.0. The number of methoxy groups -OCH3 is 2. The first-order valence-electron chi connectivity index (χ1n) is 10.2. The summed E-state index contributed by atoms with van der Waals surface area (Å²) in [4.78, 5) is 0.0592. The highest BCUT2D eigenvalue weighted by Crippen LogP contribution is 2.49. The van der Waals surface area contributed by atoms with Crippen LogP contribution in [0.25, 0.3) is 0 Å². The van der Waals surface area contributed by atoms with Crippen LogP contribution in [-0.2, 0) is 10.0 Å². The minimum atomic E-state index is -3.86. The van der Waals surface area contributed by atoms with Crippen molar-refractivity contribution >= 4 is 15.7 Å². The van der Waals surface area contributed by atoms with Crippen LogP contribution in [0.2, 0.25) is 0 Å². The van der Waals surface area contributed by atoms with E-state index in [4.69, 9.17) is 14.6 Å². The fraction of sp³-hybridized carbons (Fsp3) is 0.250. The Morgan fingerprint density at radius 2 is 1.62 bits per heavy atom. The van der Waals surface area contributed by atoms with E-state index in [2.05, 4.69) is 12.2 Å². The van der Waals surface area contributed by atoms with Gasteiger partial charge in [-0.15, -0.1) is 0 Å². The number of hydrogen-bond acceptors (Lipinski definition) is 6. The summed E-state index contributed by atoms with van der Waals surface area (Å²) in [5, 5.41) is 19.0. The Hall–Kier alpha value is -3.23. The highest BCUT2D eigenvalue weighted by molar-refractivity contribution is 7.89. The maximum absolute atomic E-state index is 12.0. The molecule has 0 aromatic heterocycles. The first-order chi connectivity index (χ1) is 15.2. The highest BCUT2D eigenvalue weighted by Gasteiger charge is 2.36. The van der Waals surface area contributed by atoms with Crippen LogP contribution < -0.4 is 19.9 Å². The smallest absolute Gasteiger partial charge is 0.238 e. The predicted octanol–water partition coefficient (Wildman–Crippen LogP) is 3.99. The zero-order chi connectivity index (χ0) is 23.0. The molecule has 7 nitrogen and oxygen atoms in total. The Balaban J connectivity index is 1.88. The van der Waals surface area contributed by atoms with Crippen LogP contribution in [0.15, 0.2) is 65.6 Å². The van der Waals surface area contributed by atoms with Crippen LogP contribution in [-0.4, -0.2) is 27.7 Å². The molecule has 1 aliphatic rings. The Morgan fingerprint density at radius 1 is 0.938 bits per heavy atom. The number of anilines is 1. The second kappa shape index (κ2) is 8.37. The van der Waals surface area contributed by atoms with Crippen molar-refractivity contribution in [2.24, 2.45) is 11.1 Å². The number of aromatic hydroxyl groups is 1. The molecule has 0 spiro atoms. The maximum Gasteiger partial charge on any atom is 0.238 e. The summed E-state index contributed by atoms with van der Waals surface area (Å²) in [6, 6.07) is 17.9. The largest absolute Gasteiger partial charge is 0.504 e. The number of hydrogen-bond donors (Lipinski definition) is 3. The fourth-order valence-corrected chi connectivity index (χ4v) is 5.00. The number of benzene rings is 3. The average molecular weight is 455 g/mol. The van der Waals surface area contributed by atoms with Gasteiger partial charge in [-0.3, -0.25) is 0 Å². The number of nitrogens with one attached hydrogen (secondary N) is 1. The highest BCUT2D eigenvalue weighted by atomic mass is 32.2. The Kier molecular flexibility index (Phi) is 5.75. The number of ether oxygens (including phenoxy) is 2. The van der Waals surface area contributed by atoms with E-state index in [-0.39, 0.29) is 28.5 Å². The standard InChI is InChI=1S/C24H26N2O5S/c1-14-23(16-6-11-21(27)22(12-16)31-3)19-13-18(32(25,28)29)9-10-20(19)26-24(14)15-4-7-17(30-2)8-5-15/h4-14,23-24,26-27H,1-3H3,(H2,25,28,29)/t14-,23+,24-/m0/s1. The number of sulfonamides is 1. The van der Waals surface area contributed by atoms with E-state index in [1.165, 1.54) is 13.2 Å². The molecule has 3 atom stereocenters. The zero-order valence-electron chi connectivity index (χ0n) is 18.1. The van der Waals surface area contributed by atoms with Crippen molar-refractivity contribution < 1.29 is 23.0 Å². The second-order valence-corrected chi connectivity index (χ2v) is 9.52. The summed E-state index contributed by atoms with van der Waals surface area (Å²) in [5.74, 6) is 1.03. The third-order valence-electron chi connectivity index (χ3n) is 6.09. The van der Waals surface area contributed by atoms with Crippen molar-refractivity contribution in [2.75, 3.05) is 19.5 Å². The van der Waals surface area contributed by atoms with Crippen LogP contribution in [0, 0.1) is 5.92 Å². The monoisotopic (exact) mass is 454 g/mol. The first-order valence-corrected chi connectivity index (χ1v) is 11.7. The van der Waals surface area contributed by atoms with E-state index in [0.29, 0.717) is 5.75 Å². The van der Waals surface area contributed by atoms with Gasteiger partial charge in [-0.25, -0.2) is 13.6 Å². The lowest BCUT2D eigenvalue weighted by atomic mass is 9.73. The van der Waals surface area contributed by atoms with Crippen molar-refractivity contribution in [2.45, 2.75) is 23.8 Å². The quantitative estimate of drug-likeness (QED) is 0.538. The molecule has 0 unspecified atom stereocenters. The number of nitrogens with two attached hydrogens (primary N) is 1. The molecule has 4 N–H and O–H groups in total. The molecule has 0 bridgehead atoms. The lowest BCUT2D eigenvalue weighted by Crippen LogP contribution is -2.31. The second-order valence-electron chi connectivity index (χ2n) is 7.96. The van der Waals surface area contributed by atoms with Gasteiger partial charge in [0.2, 0.25) is 10.0 Å². The third-order valence-corrected chi connectivity index (χ3v) is 7.00. The number of primary sulfonamides is 1. The van der Waals surface area contributed by atoms with Gasteiger partial charge in [-0.1, -0.05) is 25.1 Å². The normalized spacial score (nSPS) is 20.2. The summed E-state index contributed by atoms with van der Waals surface area (Å²) >= 11 is 0. The molecular formula is C24H26N2O5S.